The van der Waals surface area contributed by atoms with Gasteiger partial charge in [0, 0.05) is 5.56 Å². The summed E-state index contributed by atoms with van der Waals surface area (Å²) in [4.78, 5) is 11.9. The zero-order valence-corrected chi connectivity index (χ0v) is 9.45. The summed E-state index contributed by atoms with van der Waals surface area (Å²) < 4.78 is 10.8. The maximum absolute atomic E-state index is 11.9. The van der Waals surface area contributed by atoms with Crippen molar-refractivity contribution in [1.29, 1.82) is 0 Å². The molecular weight excluding hydrogens is 206 g/mol. The van der Waals surface area contributed by atoms with Gasteiger partial charge in [-0.25, -0.2) is 0 Å². The second-order valence-corrected chi connectivity index (χ2v) is 3.73. The summed E-state index contributed by atoms with van der Waals surface area (Å²) >= 11 is 0. The van der Waals surface area contributed by atoms with Gasteiger partial charge in [0.25, 0.3) is 0 Å². The lowest BCUT2D eigenvalue weighted by atomic mass is 10.0. The molecule has 1 heterocycles. The SMILES string of the molecule is CN[C@H](C)C(=O)c1ccc2c(c1)OCCO2. The molecule has 0 aliphatic carbocycles. The van der Waals surface area contributed by atoms with E-state index in [1.165, 1.54) is 0 Å². The van der Waals surface area contributed by atoms with Crippen LogP contribution in [0.5, 0.6) is 11.5 Å². The molecule has 4 heteroatoms. The summed E-state index contributed by atoms with van der Waals surface area (Å²) in [6, 6.07) is 5.10. The molecule has 0 fully saturated rings. The molecule has 0 amide bonds. The second-order valence-electron chi connectivity index (χ2n) is 3.73. The van der Waals surface area contributed by atoms with E-state index in [0.717, 1.165) is 0 Å². The summed E-state index contributed by atoms with van der Waals surface area (Å²) in [5.41, 5.74) is 0.645. The van der Waals surface area contributed by atoms with Crippen molar-refractivity contribution in [1.82, 2.24) is 5.32 Å². The number of hydrogen-bond acceptors (Lipinski definition) is 4. The van der Waals surface area contributed by atoms with E-state index in [1.54, 1.807) is 25.2 Å². The lowest BCUT2D eigenvalue weighted by Crippen LogP contribution is -2.30. The Morgan fingerprint density at radius 2 is 2.00 bits per heavy atom. The number of rotatable bonds is 3. The molecule has 0 spiro atoms. The Morgan fingerprint density at radius 3 is 2.69 bits per heavy atom. The number of hydrogen-bond donors (Lipinski definition) is 1. The van der Waals surface area contributed by atoms with Crippen LogP contribution in [-0.4, -0.2) is 32.1 Å². The molecule has 0 radical (unpaired) electrons. The molecule has 1 atom stereocenters. The van der Waals surface area contributed by atoms with Gasteiger partial charge < -0.3 is 14.8 Å². The van der Waals surface area contributed by atoms with E-state index < -0.39 is 0 Å². The van der Waals surface area contributed by atoms with Gasteiger partial charge in [-0.05, 0) is 32.2 Å². The highest BCUT2D eigenvalue weighted by molar-refractivity contribution is 6.00. The molecule has 1 aliphatic rings. The maximum Gasteiger partial charge on any atom is 0.179 e. The molecule has 1 aromatic carbocycles. The Bertz CT molecular complexity index is 403. The second kappa shape index (κ2) is 4.53. The number of likely N-dealkylation sites (N-methyl/N-ethyl adjacent to an activating group) is 1. The molecule has 1 aromatic rings. The molecule has 4 nitrogen and oxygen atoms in total. The molecule has 1 aliphatic heterocycles. The van der Waals surface area contributed by atoms with Crippen molar-refractivity contribution in [2.24, 2.45) is 0 Å². The summed E-state index contributed by atoms with van der Waals surface area (Å²) in [6.45, 7) is 2.93. The molecule has 86 valence electrons. The molecule has 2 rings (SSSR count). The number of fused-ring (bicyclic) bond motifs is 1. The summed E-state index contributed by atoms with van der Waals surface area (Å²) in [5.74, 6) is 1.42. The van der Waals surface area contributed by atoms with Gasteiger partial charge in [-0.1, -0.05) is 0 Å². The van der Waals surface area contributed by atoms with E-state index in [0.29, 0.717) is 30.3 Å². The van der Waals surface area contributed by atoms with Gasteiger partial charge in [0.2, 0.25) is 0 Å². The Kier molecular flexibility index (Phi) is 3.10. The van der Waals surface area contributed by atoms with Gasteiger partial charge in [0.05, 0.1) is 6.04 Å². The van der Waals surface area contributed by atoms with Crippen molar-refractivity contribution < 1.29 is 14.3 Å². The first-order chi connectivity index (χ1) is 7.72. The predicted octanol–water partition coefficient (Wildman–Crippen LogP) is 1.25. The van der Waals surface area contributed by atoms with Crippen molar-refractivity contribution in [3.8, 4) is 11.5 Å². The fourth-order valence-corrected chi connectivity index (χ4v) is 1.58. The standard InChI is InChI=1S/C12H15NO3/c1-8(13-2)12(14)9-3-4-10-11(7-9)16-6-5-15-10/h3-4,7-8,13H,5-6H2,1-2H3/t8-/m1/s1. The van der Waals surface area contributed by atoms with Crippen molar-refractivity contribution in [2.45, 2.75) is 13.0 Å². The zero-order chi connectivity index (χ0) is 11.5. The Morgan fingerprint density at radius 1 is 1.31 bits per heavy atom. The van der Waals surface area contributed by atoms with Crippen LogP contribution < -0.4 is 14.8 Å². The lowest BCUT2D eigenvalue weighted by molar-refractivity contribution is 0.0954. The monoisotopic (exact) mass is 221 g/mol. The Labute approximate surface area is 94.6 Å². The first kappa shape index (κ1) is 11.0. The smallest absolute Gasteiger partial charge is 0.179 e. The minimum absolute atomic E-state index is 0.0551. The quantitative estimate of drug-likeness (QED) is 0.780. The van der Waals surface area contributed by atoms with Crippen molar-refractivity contribution in [3.05, 3.63) is 23.8 Å². The average Bonchev–Trinajstić information content (AvgIpc) is 2.36. The van der Waals surface area contributed by atoms with Gasteiger partial charge in [0.15, 0.2) is 17.3 Å². The van der Waals surface area contributed by atoms with E-state index in [-0.39, 0.29) is 11.8 Å². The van der Waals surface area contributed by atoms with Crippen LogP contribution in [0.2, 0.25) is 0 Å². The predicted molar refractivity (Wildman–Crippen MR) is 60.3 cm³/mol. The van der Waals surface area contributed by atoms with E-state index >= 15 is 0 Å². The molecule has 0 aromatic heterocycles. The van der Waals surface area contributed by atoms with Gasteiger partial charge in [-0.15, -0.1) is 0 Å². The highest BCUT2D eigenvalue weighted by Gasteiger charge is 2.17. The number of carbonyl (C=O) groups is 1. The molecule has 0 saturated heterocycles. The largest absolute Gasteiger partial charge is 0.486 e. The highest BCUT2D eigenvalue weighted by Crippen LogP contribution is 2.30. The number of carbonyl (C=O) groups excluding carboxylic acids is 1. The fourth-order valence-electron chi connectivity index (χ4n) is 1.58. The average molecular weight is 221 g/mol. The van der Waals surface area contributed by atoms with Crippen LogP contribution in [0.1, 0.15) is 17.3 Å². The van der Waals surface area contributed by atoms with E-state index in [1.807, 2.05) is 6.92 Å². The maximum atomic E-state index is 11.9. The van der Waals surface area contributed by atoms with Crippen LogP contribution in [-0.2, 0) is 0 Å². The molecule has 1 N–H and O–H groups in total. The third-order valence-electron chi connectivity index (χ3n) is 2.65. The number of benzene rings is 1. The highest BCUT2D eigenvalue weighted by atomic mass is 16.6. The Hall–Kier alpha value is -1.55. The van der Waals surface area contributed by atoms with Crippen molar-refractivity contribution in [2.75, 3.05) is 20.3 Å². The van der Waals surface area contributed by atoms with Gasteiger partial charge in [-0.3, -0.25) is 4.79 Å². The minimum atomic E-state index is -0.192. The summed E-state index contributed by atoms with van der Waals surface area (Å²) in [6.07, 6.45) is 0. The minimum Gasteiger partial charge on any atom is -0.486 e. The normalized spacial score (nSPS) is 15.6. The Balaban J connectivity index is 2.26. The first-order valence-corrected chi connectivity index (χ1v) is 5.33. The molecule has 0 saturated carbocycles. The van der Waals surface area contributed by atoms with Crippen LogP contribution in [0.15, 0.2) is 18.2 Å². The zero-order valence-electron chi connectivity index (χ0n) is 9.45. The first-order valence-electron chi connectivity index (χ1n) is 5.33. The van der Waals surface area contributed by atoms with Gasteiger partial charge in [-0.2, -0.15) is 0 Å². The van der Waals surface area contributed by atoms with Gasteiger partial charge >= 0.3 is 0 Å². The van der Waals surface area contributed by atoms with E-state index in [9.17, 15) is 4.79 Å². The van der Waals surface area contributed by atoms with Crippen LogP contribution in [0.3, 0.4) is 0 Å². The van der Waals surface area contributed by atoms with E-state index in [2.05, 4.69) is 5.32 Å². The summed E-state index contributed by atoms with van der Waals surface area (Å²) in [7, 11) is 1.76. The summed E-state index contributed by atoms with van der Waals surface area (Å²) in [5, 5.41) is 2.92. The number of nitrogens with one attached hydrogen (secondary N) is 1. The third-order valence-corrected chi connectivity index (χ3v) is 2.65. The van der Waals surface area contributed by atoms with Crippen LogP contribution in [0, 0.1) is 0 Å². The lowest BCUT2D eigenvalue weighted by Gasteiger charge is -2.19. The molecule has 0 bridgehead atoms. The number of ketones is 1. The molecule has 0 unspecified atom stereocenters. The number of Topliss-reactive ketones (excluding diaryl/α,β-unsaturated/α-hetero) is 1. The van der Waals surface area contributed by atoms with Gasteiger partial charge in [0.1, 0.15) is 13.2 Å². The van der Waals surface area contributed by atoms with Crippen molar-refractivity contribution in [3.63, 3.8) is 0 Å². The molecular formula is C12H15NO3. The van der Waals surface area contributed by atoms with Crippen LogP contribution >= 0.6 is 0 Å². The molecule has 16 heavy (non-hydrogen) atoms. The van der Waals surface area contributed by atoms with Crippen LogP contribution in [0.4, 0.5) is 0 Å². The van der Waals surface area contributed by atoms with Crippen LogP contribution in [0.25, 0.3) is 0 Å². The topological polar surface area (TPSA) is 47.6 Å². The number of ether oxygens (including phenoxy) is 2. The van der Waals surface area contributed by atoms with E-state index in [4.69, 9.17) is 9.47 Å². The van der Waals surface area contributed by atoms with Crippen molar-refractivity contribution >= 4 is 5.78 Å². The fraction of sp³-hybridized carbons (Fsp3) is 0.417. The third kappa shape index (κ3) is 2.02.